The zero-order valence-corrected chi connectivity index (χ0v) is 25.4. The maximum absolute atomic E-state index is 4.01. The lowest BCUT2D eigenvalue weighted by Crippen LogP contribution is -2.11. The Labute approximate surface area is 223 Å². The second kappa shape index (κ2) is 11.6. The molecular weight excluding hydrogens is 672 g/mol. The van der Waals surface area contributed by atoms with Gasteiger partial charge < -0.3 is 0 Å². The molecule has 2 aromatic heterocycles. The summed E-state index contributed by atoms with van der Waals surface area (Å²) in [7, 11) is 0. The molecule has 4 heterocycles. The minimum Gasteiger partial charge on any atom is -0.143 e. The summed E-state index contributed by atoms with van der Waals surface area (Å²) in [6.07, 6.45) is 18.7. The molecule has 0 fully saturated rings. The van der Waals surface area contributed by atoms with Gasteiger partial charge in [-0.25, -0.2) is 0 Å². The van der Waals surface area contributed by atoms with Crippen LogP contribution in [0.15, 0.2) is 17.9 Å². The van der Waals surface area contributed by atoms with E-state index in [4.69, 9.17) is 0 Å². The highest BCUT2D eigenvalue weighted by Gasteiger charge is 2.33. The number of thiophene rings is 2. The van der Waals surface area contributed by atoms with Gasteiger partial charge >= 0.3 is 0 Å². The van der Waals surface area contributed by atoms with E-state index in [1.54, 1.807) is 19.5 Å². The van der Waals surface area contributed by atoms with Crippen LogP contribution in [0.3, 0.4) is 0 Å². The van der Waals surface area contributed by atoms with Crippen molar-refractivity contribution >= 4 is 86.4 Å². The van der Waals surface area contributed by atoms with E-state index in [1.807, 2.05) is 0 Å². The highest BCUT2D eigenvalue weighted by atomic mass is 79.9. The molecule has 0 radical (unpaired) electrons. The van der Waals surface area contributed by atoms with Crippen LogP contribution in [0, 0.1) is 0 Å². The molecule has 0 nitrogen and oxygen atoms in total. The number of hydrogen-bond acceptors (Lipinski definition) is 2. The van der Waals surface area contributed by atoms with Crippen molar-refractivity contribution in [3.63, 3.8) is 0 Å². The average molecular weight is 702 g/mol. The topological polar surface area (TPSA) is 0 Å². The number of rotatable bonds is 1. The molecule has 166 valence electrons. The molecule has 0 amide bonds. The molecule has 0 aromatic carbocycles. The van der Waals surface area contributed by atoms with Gasteiger partial charge in [0.15, 0.2) is 0 Å². The third-order valence-electron chi connectivity index (χ3n) is 6.77. The second-order valence-corrected chi connectivity index (χ2v) is 14.3. The molecule has 2 aliphatic heterocycles. The van der Waals surface area contributed by atoms with E-state index in [-0.39, 0.29) is 0 Å². The monoisotopic (exact) mass is 698 g/mol. The Bertz CT molecular complexity index is 784. The van der Waals surface area contributed by atoms with Gasteiger partial charge in [-0.1, -0.05) is 51.4 Å². The summed E-state index contributed by atoms with van der Waals surface area (Å²) >= 11 is 20.1. The standard InChI is InChI=1S/C24H30Br4S2/c25-19-17-13-9-5-1-3-7-11-15(23(29-17)21(19)27)16-12-8-4-2-6-10-14-18-20(26)22(28)24(16)30-18/h15-16H,1-14H2. The smallest absolute Gasteiger partial charge is 0.0462 e. The van der Waals surface area contributed by atoms with E-state index < -0.39 is 0 Å². The van der Waals surface area contributed by atoms with Gasteiger partial charge in [-0.3, -0.25) is 0 Å². The van der Waals surface area contributed by atoms with Gasteiger partial charge in [0.05, 0.1) is 0 Å². The molecule has 2 atom stereocenters. The number of fused-ring (bicyclic) bond motifs is 4. The van der Waals surface area contributed by atoms with Crippen LogP contribution < -0.4 is 0 Å². The summed E-state index contributed by atoms with van der Waals surface area (Å²) in [5.74, 6) is 1.23. The number of halogens is 4. The zero-order chi connectivity index (χ0) is 21.1. The molecule has 2 aromatic rings. The van der Waals surface area contributed by atoms with Gasteiger partial charge in [0, 0.05) is 49.2 Å². The molecule has 0 saturated heterocycles. The van der Waals surface area contributed by atoms with Crippen molar-refractivity contribution in [1.29, 1.82) is 0 Å². The maximum atomic E-state index is 4.01. The first kappa shape index (κ1) is 24.4. The predicted molar refractivity (Wildman–Crippen MR) is 148 cm³/mol. The molecule has 2 unspecified atom stereocenters. The van der Waals surface area contributed by atoms with E-state index in [2.05, 4.69) is 86.4 Å². The fourth-order valence-corrected chi connectivity index (χ4v) is 11.1. The van der Waals surface area contributed by atoms with Crippen molar-refractivity contribution < 1.29 is 0 Å². The summed E-state index contributed by atoms with van der Waals surface area (Å²) < 4.78 is 5.34. The molecule has 0 aliphatic carbocycles. The predicted octanol–water partition coefficient (Wildman–Crippen LogP) is 11.5. The Morgan fingerprint density at radius 2 is 0.833 bits per heavy atom. The number of aryl methyl sites for hydroxylation is 2. The van der Waals surface area contributed by atoms with Crippen LogP contribution >= 0.6 is 86.4 Å². The molecule has 6 heteroatoms. The Morgan fingerprint density at radius 3 is 1.27 bits per heavy atom. The molecule has 2 aliphatic rings. The second-order valence-electron chi connectivity index (χ2n) is 8.86. The SMILES string of the molecule is Brc1c2sc(c1Br)C(C1CCCCCCCc3sc1c(Br)c3Br)CCCCCCC2. The van der Waals surface area contributed by atoms with Gasteiger partial charge in [-0.05, 0) is 102 Å². The summed E-state index contributed by atoms with van der Waals surface area (Å²) in [5, 5.41) is 0. The molecule has 30 heavy (non-hydrogen) atoms. The quantitative estimate of drug-likeness (QED) is 0.278. The highest BCUT2D eigenvalue weighted by molar-refractivity contribution is 9.13. The van der Waals surface area contributed by atoms with E-state index in [0.717, 1.165) is 0 Å². The van der Waals surface area contributed by atoms with Crippen molar-refractivity contribution in [3.8, 4) is 0 Å². The molecular formula is C24H30Br4S2. The first-order valence-electron chi connectivity index (χ1n) is 11.5. The molecule has 0 saturated carbocycles. The van der Waals surface area contributed by atoms with Crippen LogP contribution in [0.5, 0.6) is 0 Å². The summed E-state index contributed by atoms with van der Waals surface area (Å²) in [6, 6.07) is 0. The fourth-order valence-electron chi connectivity index (χ4n) is 5.09. The fraction of sp³-hybridized carbons (Fsp3) is 0.667. The average Bonchev–Trinajstić information content (AvgIpc) is 3.14. The Morgan fingerprint density at radius 1 is 0.467 bits per heavy atom. The first-order valence-corrected chi connectivity index (χ1v) is 16.3. The van der Waals surface area contributed by atoms with Crippen molar-refractivity contribution in [2.24, 2.45) is 0 Å². The summed E-state index contributed by atoms with van der Waals surface area (Å²) in [6.45, 7) is 0. The molecule has 0 N–H and O–H groups in total. The van der Waals surface area contributed by atoms with Gasteiger partial charge in [-0.2, -0.15) is 0 Å². The molecule has 4 rings (SSSR count). The number of hydrogen-bond donors (Lipinski definition) is 0. The van der Waals surface area contributed by atoms with Crippen LogP contribution in [0.2, 0.25) is 0 Å². The van der Waals surface area contributed by atoms with Crippen molar-refractivity contribution in [2.75, 3.05) is 0 Å². The van der Waals surface area contributed by atoms with Crippen molar-refractivity contribution in [3.05, 3.63) is 37.4 Å². The Balaban J connectivity index is 1.77. The van der Waals surface area contributed by atoms with Gasteiger partial charge in [0.1, 0.15) is 0 Å². The summed E-state index contributed by atoms with van der Waals surface area (Å²) in [5.41, 5.74) is 0. The van der Waals surface area contributed by atoms with Gasteiger partial charge in [0.25, 0.3) is 0 Å². The third-order valence-corrected chi connectivity index (χ3v) is 15.0. The van der Waals surface area contributed by atoms with Crippen molar-refractivity contribution in [1.82, 2.24) is 0 Å². The normalized spacial score (nSPS) is 24.1. The Hall–Kier alpha value is 1.32. The van der Waals surface area contributed by atoms with E-state index >= 15 is 0 Å². The third kappa shape index (κ3) is 5.51. The van der Waals surface area contributed by atoms with E-state index in [1.165, 1.54) is 108 Å². The largest absolute Gasteiger partial charge is 0.143 e. The minimum atomic E-state index is 0.614. The van der Waals surface area contributed by atoms with E-state index in [0.29, 0.717) is 11.8 Å². The molecule has 4 bridgehead atoms. The lowest BCUT2D eigenvalue weighted by Gasteiger charge is -2.27. The lowest BCUT2D eigenvalue weighted by molar-refractivity contribution is 0.440. The zero-order valence-electron chi connectivity index (χ0n) is 17.4. The Kier molecular flexibility index (Phi) is 9.48. The van der Waals surface area contributed by atoms with Crippen LogP contribution in [0.4, 0.5) is 0 Å². The maximum Gasteiger partial charge on any atom is 0.0462 e. The van der Waals surface area contributed by atoms with Gasteiger partial charge in [0.2, 0.25) is 0 Å². The van der Waals surface area contributed by atoms with Crippen molar-refractivity contribution in [2.45, 2.75) is 102 Å². The lowest BCUT2D eigenvalue weighted by atomic mass is 9.81. The van der Waals surface area contributed by atoms with Crippen LogP contribution in [0.25, 0.3) is 0 Å². The van der Waals surface area contributed by atoms with Gasteiger partial charge in [-0.15, -0.1) is 22.7 Å². The first-order chi connectivity index (χ1) is 14.6. The summed E-state index contributed by atoms with van der Waals surface area (Å²) in [4.78, 5) is 6.29. The van der Waals surface area contributed by atoms with Crippen LogP contribution in [-0.2, 0) is 12.8 Å². The highest BCUT2D eigenvalue weighted by Crippen LogP contribution is 2.54. The molecule has 0 spiro atoms. The minimum absolute atomic E-state index is 0.614. The van der Waals surface area contributed by atoms with Crippen LogP contribution in [0.1, 0.15) is 108 Å². The van der Waals surface area contributed by atoms with E-state index in [9.17, 15) is 0 Å². The van der Waals surface area contributed by atoms with Crippen LogP contribution in [-0.4, -0.2) is 0 Å².